The molecule has 0 radical (unpaired) electrons. The summed E-state index contributed by atoms with van der Waals surface area (Å²) in [5, 5.41) is 8.81. The molecule has 10 heteroatoms. The highest BCUT2D eigenvalue weighted by molar-refractivity contribution is 7.89. The molecule has 4 N–H and O–H groups in total. The monoisotopic (exact) mass is 289 g/mol. The number of sulfonamides is 1. The maximum absolute atomic E-state index is 11.8. The maximum Gasteiger partial charge on any atom is 0.325 e. The lowest BCUT2D eigenvalue weighted by atomic mass is 10.2. The fourth-order valence-corrected chi connectivity index (χ4v) is 2.42. The van der Waals surface area contributed by atoms with Crippen LogP contribution in [-0.2, 0) is 14.8 Å². The summed E-state index contributed by atoms with van der Waals surface area (Å²) < 4.78 is 25.4. The minimum atomic E-state index is -4.37. The second-order valence-electron chi connectivity index (χ2n) is 3.47. The topological polar surface area (TPSA) is 149 Å². The SMILES string of the molecule is C=CCC(NS(=O)(=O)c1c[nH]c(=O)[nH]c1=O)C(=O)O. The van der Waals surface area contributed by atoms with Crippen molar-refractivity contribution in [1.82, 2.24) is 14.7 Å². The average molecular weight is 289 g/mol. The first kappa shape index (κ1) is 14.9. The first-order valence-electron chi connectivity index (χ1n) is 4.96. The van der Waals surface area contributed by atoms with E-state index in [-0.39, 0.29) is 6.42 Å². The van der Waals surface area contributed by atoms with E-state index in [0.717, 1.165) is 0 Å². The van der Waals surface area contributed by atoms with Crippen molar-refractivity contribution in [2.24, 2.45) is 0 Å². The van der Waals surface area contributed by atoms with E-state index in [1.165, 1.54) is 6.08 Å². The van der Waals surface area contributed by atoms with Crippen molar-refractivity contribution < 1.29 is 18.3 Å². The van der Waals surface area contributed by atoms with E-state index in [4.69, 9.17) is 5.11 Å². The Kier molecular flexibility index (Phi) is 4.40. The highest BCUT2D eigenvalue weighted by atomic mass is 32.2. The molecular weight excluding hydrogens is 278 g/mol. The lowest BCUT2D eigenvalue weighted by Gasteiger charge is -2.12. The summed E-state index contributed by atoms with van der Waals surface area (Å²) in [4.78, 5) is 35.9. The van der Waals surface area contributed by atoms with Gasteiger partial charge in [-0.2, -0.15) is 4.72 Å². The fourth-order valence-electron chi connectivity index (χ4n) is 1.21. The van der Waals surface area contributed by atoms with Crippen molar-refractivity contribution in [3.05, 3.63) is 39.7 Å². The van der Waals surface area contributed by atoms with Crippen LogP contribution in [0.5, 0.6) is 0 Å². The van der Waals surface area contributed by atoms with Crippen molar-refractivity contribution in [3.63, 3.8) is 0 Å². The van der Waals surface area contributed by atoms with Gasteiger partial charge in [-0.15, -0.1) is 6.58 Å². The van der Waals surface area contributed by atoms with Crippen LogP contribution in [0, 0.1) is 0 Å². The quantitative estimate of drug-likeness (QED) is 0.462. The first-order valence-corrected chi connectivity index (χ1v) is 6.44. The van der Waals surface area contributed by atoms with E-state index in [1.54, 1.807) is 4.98 Å². The van der Waals surface area contributed by atoms with Crippen molar-refractivity contribution in [3.8, 4) is 0 Å². The van der Waals surface area contributed by atoms with Crippen LogP contribution in [0.3, 0.4) is 0 Å². The van der Waals surface area contributed by atoms with Gasteiger partial charge in [0.2, 0.25) is 10.0 Å². The number of aliphatic carboxylic acids is 1. The minimum Gasteiger partial charge on any atom is -0.480 e. The van der Waals surface area contributed by atoms with E-state index in [9.17, 15) is 22.8 Å². The van der Waals surface area contributed by atoms with Gasteiger partial charge in [0.15, 0.2) is 4.90 Å². The summed E-state index contributed by atoms with van der Waals surface area (Å²) in [6.45, 7) is 3.30. The summed E-state index contributed by atoms with van der Waals surface area (Å²) in [7, 11) is -4.37. The molecule has 1 aromatic heterocycles. The summed E-state index contributed by atoms with van der Waals surface area (Å²) >= 11 is 0. The van der Waals surface area contributed by atoms with Gasteiger partial charge in [0, 0.05) is 6.20 Å². The second kappa shape index (κ2) is 5.63. The number of hydrogen-bond acceptors (Lipinski definition) is 5. The van der Waals surface area contributed by atoms with Gasteiger partial charge in [-0.1, -0.05) is 6.08 Å². The van der Waals surface area contributed by atoms with Gasteiger partial charge in [-0.05, 0) is 6.42 Å². The number of aromatic nitrogens is 2. The third-order valence-corrected chi connectivity index (χ3v) is 3.55. The van der Waals surface area contributed by atoms with E-state index in [0.29, 0.717) is 6.20 Å². The second-order valence-corrected chi connectivity index (χ2v) is 5.16. The van der Waals surface area contributed by atoms with Gasteiger partial charge < -0.3 is 10.1 Å². The van der Waals surface area contributed by atoms with Crippen LogP contribution >= 0.6 is 0 Å². The average Bonchev–Trinajstić information content (AvgIpc) is 2.27. The molecule has 104 valence electrons. The predicted octanol–water partition coefficient (Wildman–Crippen LogP) is -1.63. The number of carboxylic acids is 1. The fraction of sp³-hybridized carbons (Fsp3) is 0.222. The zero-order chi connectivity index (χ0) is 14.6. The number of carbonyl (C=O) groups is 1. The molecule has 0 spiro atoms. The molecule has 9 nitrogen and oxygen atoms in total. The molecular formula is C9H11N3O6S. The number of carboxylic acid groups (broad SMARTS) is 1. The van der Waals surface area contributed by atoms with Crippen LogP contribution in [0.1, 0.15) is 6.42 Å². The Morgan fingerprint density at radius 3 is 2.63 bits per heavy atom. The molecule has 1 heterocycles. The molecule has 0 aliphatic heterocycles. The lowest BCUT2D eigenvalue weighted by molar-refractivity contribution is -0.138. The minimum absolute atomic E-state index is 0.157. The van der Waals surface area contributed by atoms with E-state index in [2.05, 4.69) is 6.58 Å². The third-order valence-electron chi connectivity index (χ3n) is 2.07. The number of rotatable bonds is 6. The Labute approximate surface area is 107 Å². The van der Waals surface area contributed by atoms with Gasteiger partial charge in [0.05, 0.1) is 0 Å². The highest BCUT2D eigenvalue weighted by Crippen LogP contribution is 2.03. The van der Waals surface area contributed by atoms with Gasteiger partial charge in [0.25, 0.3) is 5.56 Å². The zero-order valence-corrected chi connectivity index (χ0v) is 10.4. The molecule has 0 fully saturated rings. The summed E-state index contributed by atoms with van der Waals surface area (Å²) in [6.07, 6.45) is 1.75. The largest absolute Gasteiger partial charge is 0.480 e. The summed E-state index contributed by atoms with van der Waals surface area (Å²) in [6, 6.07) is -1.45. The molecule has 0 saturated heterocycles. The van der Waals surface area contributed by atoms with Gasteiger partial charge in [-0.25, -0.2) is 13.2 Å². The Morgan fingerprint density at radius 2 is 2.16 bits per heavy atom. The molecule has 0 aliphatic rings. The number of aromatic amines is 2. The van der Waals surface area contributed by atoms with Gasteiger partial charge in [0.1, 0.15) is 6.04 Å². The Hall–Kier alpha value is -2.20. The Balaban J connectivity index is 3.17. The smallest absolute Gasteiger partial charge is 0.325 e. The van der Waals surface area contributed by atoms with E-state index in [1.807, 2.05) is 9.71 Å². The maximum atomic E-state index is 11.8. The normalized spacial score (nSPS) is 12.8. The molecule has 1 unspecified atom stereocenters. The Morgan fingerprint density at radius 1 is 1.53 bits per heavy atom. The zero-order valence-electron chi connectivity index (χ0n) is 9.54. The summed E-state index contributed by atoms with van der Waals surface area (Å²) in [5.74, 6) is -1.41. The summed E-state index contributed by atoms with van der Waals surface area (Å²) in [5.41, 5.74) is -2.01. The molecule has 0 saturated carbocycles. The van der Waals surface area contributed by atoms with E-state index < -0.39 is 38.2 Å². The van der Waals surface area contributed by atoms with Crippen LogP contribution in [-0.4, -0.2) is 35.5 Å². The number of hydrogen-bond donors (Lipinski definition) is 4. The van der Waals surface area contributed by atoms with Crippen LogP contribution < -0.4 is 16.0 Å². The lowest BCUT2D eigenvalue weighted by Crippen LogP contribution is -2.42. The highest BCUT2D eigenvalue weighted by Gasteiger charge is 2.26. The van der Waals surface area contributed by atoms with Crippen molar-refractivity contribution in [2.45, 2.75) is 17.4 Å². The molecule has 0 amide bonds. The van der Waals surface area contributed by atoms with Gasteiger partial charge in [-0.3, -0.25) is 14.6 Å². The molecule has 1 atom stereocenters. The molecule has 0 aliphatic carbocycles. The first-order chi connectivity index (χ1) is 8.77. The molecule has 0 bridgehead atoms. The Bertz CT molecular complexity index is 701. The number of H-pyrrole nitrogens is 2. The van der Waals surface area contributed by atoms with Crippen LogP contribution in [0.15, 0.2) is 33.3 Å². The van der Waals surface area contributed by atoms with Gasteiger partial charge >= 0.3 is 11.7 Å². The van der Waals surface area contributed by atoms with Crippen molar-refractivity contribution >= 4 is 16.0 Å². The molecule has 19 heavy (non-hydrogen) atoms. The van der Waals surface area contributed by atoms with E-state index >= 15 is 0 Å². The van der Waals surface area contributed by atoms with Crippen LogP contribution in [0.4, 0.5) is 0 Å². The third kappa shape index (κ3) is 3.63. The predicted molar refractivity (Wildman–Crippen MR) is 64.2 cm³/mol. The van der Waals surface area contributed by atoms with Crippen molar-refractivity contribution in [1.29, 1.82) is 0 Å². The molecule has 1 rings (SSSR count). The van der Waals surface area contributed by atoms with Crippen LogP contribution in [0.25, 0.3) is 0 Å². The van der Waals surface area contributed by atoms with Crippen molar-refractivity contribution in [2.75, 3.05) is 0 Å². The van der Waals surface area contributed by atoms with Crippen LogP contribution in [0.2, 0.25) is 0 Å². The molecule has 0 aromatic carbocycles. The standard InChI is InChI=1S/C9H11N3O6S/c1-2-3-5(8(14)15)12-19(17,18)6-4-10-9(16)11-7(6)13/h2,4-5,12H,1,3H2,(H,14,15)(H2,10,11,13,16). The molecule has 1 aromatic rings. The number of nitrogens with one attached hydrogen (secondary N) is 3.